The van der Waals surface area contributed by atoms with E-state index in [4.69, 9.17) is 9.47 Å². The number of likely N-dealkylation sites (tertiary alicyclic amines) is 1. The van der Waals surface area contributed by atoms with Crippen molar-refractivity contribution in [1.82, 2.24) is 20.1 Å². The molecule has 172 valence electrons. The topological polar surface area (TPSA) is 101 Å². The molecular weight excluding hydrogens is 424 g/mol. The highest BCUT2D eigenvalue weighted by Crippen LogP contribution is 2.33. The predicted octanol–water partition coefficient (Wildman–Crippen LogP) is 2.76. The summed E-state index contributed by atoms with van der Waals surface area (Å²) < 4.78 is 10.7. The summed E-state index contributed by atoms with van der Waals surface area (Å²) in [5.74, 6) is 0.939. The summed E-state index contributed by atoms with van der Waals surface area (Å²) in [5.41, 5.74) is 1.80. The highest BCUT2D eigenvalue weighted by molar-refractivity contribution is 6.04. The summed E-state index contributed by atoms with van der Waals surface area (Å²) in [6.07, 6.45) is 6.94. The Kier molecular flexibility index (Phi) is 5.85. The van der Waals surface area contributed by atoms with Crippen molar-refractivity contribution in [3.63, 3.8) is 0 Å². The molecule has 2 aromatic rings. The minimum atomic E-state index is -0.697. The van der Waals surface area contributed by atoms with Crippen molar-refractivity contribution in [2.45, 2.75) is 50.7 Å². The van der Waals surface area contributed by atoms with Gasteiger partial charge in [0.2, 0.25) is 12.7 Å². The Morgan fingerprint density at radius 1 is 1.15 bits per heavy atom. The van der Waals surface area contributed by atoms with Gasteiger partial charge in [0.1, 0.15) is 6.04 Å². The Balaban J connectivity index is 1.20. The molecule has 2 atom stereocenters. The minimum absolute atomic E-state index is 0.000164. The Hall–Kier alpha value is -3.62. The summed E-state index contributed by atoms with van der Waals surface area (Å²) in [6, 6.07) is 8.10. The van der Waals surface area contributed by atoms with Gasteiger partial charge in [0, 0.05) is 25.4 Å². The lowest BCUT2D eigenvalue weighted by Crippen LogP contribution is -2.39. The number of fused-ring (bicyclic) bond motifs is 1. The molecule has 4 amide bonds. The van der Waals surface area contributed by atoms with Gasteiger partial charge in [-0.25, -0.2) is 4.79 Å². The van der Waals surface area contributed by atoms with Gasteiger partial charge in [-0.3, -0.25) is 19.5 Å². The largest absolute Gasteiger partial charge is 0.454 e. The summed E-state index contributed by atoms with van der Waals surface area (Å²) >= 11 is 0. The number of nitrogens with one attached hydrogen (secondary N) is 1. The normalized spacial score (nSPS) is 21.9. The number of imide groups is 1. The highest BCUT2D eigenvalue weighted by Gasteiger charge is 2.38. The third-order valence-electron chi connectivity index (χ3n) is 6.42. The van der Waals surface area contributed by atoms with Crippen LogP contribution in [0.5, 0.6) is 11.5 Å². The lowest BCUT2D eigenvalue weighted by Gasteiger charge is -2.36. The number of amides is 4. The van der Waals surface area contributed by atoms with Crippen LogP contribution in [0.15, 0.2) is 42.7 Å². The molecule has 33 heavy (non-hydrogen) atoms. The number of hydrogen-bond acceptors (Lipinski definition) is 6. The lowest BCUT2D eigenvalue weighted by atomic mass is 9.95. The molecule has 3 aliphatic rings. The Morgan fingerprint density at radius 2 is 2.03 bits per heavy atom. The van der Waals surface area contributed by atoms with Crippen LogP contribution in [0.3, 0.4) is 0 Å². The van der Waals surface area contributed by atoms with Crippen LogP contribution in [-0.2, 0) is 16.1 Å². The quantitative estimate of drug-likeness (QED) is 0.679. The predicted molar refractivity (Wildman–Crippen MR) is 117 cm³/mol. The molecular formula is C24H26N4O5. The Morgan fingerprint density at radius 3 is 2.88 bits per heavy atom. The van der Waals surface area contributed by atoms with Gasteiger partial charge in [0.05, 0.1) is 12.6 Å². The van der Waals surface area contributed by atoms with Crippen molar-refractivity contribution in [3.8, 4) is 11.5 Å². The molecule has 0 saturated carbocycles. The molecule has 9 heteroatoms. The zero-order valence-electron chi connectivity index (χ0n) is 18.2. The van der Waals surface area contributed by atoms with E-state index in [0.717, 1.165) is 30.4 Å². The Bertz CT molecular complexity index is 1060. The second kappa shape index (κ2) is 9.09. The van der Waals surface area contributed by atoms with Gasteiger partial charge in [0.15, 0.2) is 11.5 Å². The first-order valence-corrected chi connectivity index (χ1v) is 11.3. The van der Waals surface area contributed by atoms with Crippen molar-refractivity contribution >= 4 is 17.8 Å². The third-order valence-corrected chi connectivity index (χ3v) is 6.42. The van der Waals surface area contributed by atoms with E-state index in [9.17, 15) is 14.4 Å². The number of hydrogen-bond donors (Lipinski definition) is 1. The zero-order valence-corrected chi connectivity index (χ0v) is 18.2. The molecule has 0 aliphatic carbocycles. The van der Waals surface area contributed by atoms with Crippen LogP contribution >= 0.6 is 0 Å². The average Bonchev–Trinajstić information content (AvgIpc) is 3.42. The number of aromatic nitrogens is 1. The van der Waals surface area contributed by atoms with Crippen LogP contribution in [0.4, 0.5) is 4.79 Å². The fourth-order valence-corrected chi connectivity index (χ4v) is 4.71. The fraction of sp³-hybridized carbons (Fsp3) is 0.417. The third kappa shape index (κ3) is 4.35. The first-order valence-electron chi connectivity index (χ1n) is 11.3. The molecule has 5 rings (SSSR count). The molecule has 2 saturated heterocycles. The Labute approximate surface area is 191 Å². The number of rotatable bonds is 6. The first kappa shape index (κ1) is 21.2. The van der Waals surface area contributed by atoms with Crippen LogP contribution in [-0.4, -0.2) is 52.0 Å². The van der Waals surface area contributed by atoms with Crippen LogP contribution in [0.1, 0.15) is 49.3 Å². The molecule has 1 aromatic heterocycles. The van der Waals surface area contributed by atoms with Crippen LogP contribution in [0.25, 0.3) is 0 Å². The summed E-state index contributed by atoms with van der Waals surface area (Å²) in [6.45, 7) is 0.997. The molecule has 0 spiro atoms. The number of nitrogens with zero attached hydrogens (tertiary/aromatic N) is 3. The summed E-state index contributed by atoms with van der Waals surface area (Å²) in [7, 11) is 0. The monoisotopic (exact) mass is 450 g/mol. The highest BCUT2D eigenvalue weighted by atomic mass is 16.7. The minimum Gasteiger partial charge on any atom is -0.454 e. The molecule has 0 radical (unpaired) electrons. The standard InChI is InChI=1S/C24H26N4O5/c29-22(27-11-2-1-5-19(27)17-4-3-10-25-13-17)9-7-18-23(30)28(24(31)26-18)14-16-6-8-20-21(12-16)33-15-32-20/h3-4,6,8,10,12-13,18-19H,1-2,5,7,9,11,14-15H2,(H,26,31)/t18-,19+/m1/s1. The molecule has 0 bridgehead atoms. The van der Waals surface area contributed by atoms with Crippen molar-refractivity contribution in [2.24, 2.45) is 0 Å². The number of urea groups is 1. The summed E-state index contributed by atoms with van der Waals surface area (Å²) in [4.78, 5) is 45.7. The fourth-order valence-electron chi connectivity index (χ4n) is 4.71. The van der Waals surface area contributed by atoms with E-state index in [-0.39, 0.29) is 44.0 Å². The van der Waals surface area contributed by atoms with Crippen molar-refractivity contribution in [1.29, 1.82) is 0 Å². The van der Waals surface area contributed by atoms with E-state index in [1.54, 1.807) is 24.4 Å². The first-order chi connectivity index (χ1) is 16.1. The van der Waals surface area contributed by atoms with E-state index in [1.807, 2.05) is 23.2 Å². The van der Waals surface area contributed by atoms with Crippen molar-refractivity contribution < 1.29 is 23.9 Å². The SMILES string of the molecule is O=C1N[C@H](CCC(=O)N2CCCC[C@H]2c2cccnc2)C(=O)N1Cc1ccc2c(c1)OCO2. The molecule has 1 N–H and O–H groups in total. The van der Waals surface area contributed by atoms with Gasteiger partial charge in [-0.2, -0.15) is 0 Å². The second-order valence-electron chi connectivity index (χ2n) is 8.54. The van der Waals surface area contributed by atoms with Gasteiger partial charge in [0.25, 0.3) is 5.91 Å². The number of piperidine rings is 1. The molecule has 2 fully saturated rings. The van der Waals surface area contributed by atoms with E-state index in [2.05, 4.69) is 10.3 Å². The molecule has 9 nitrogen and oxygen atoms in total. The molecule has 4 heterocycles. The van der Waals surface area contributed by atoms with E-state index >= 15 is 0 Å². The molecule has 3 aliphatic heterocycles. The van der Waals surface area contributed by atoms with Gasteiger partial charge < -0.3 is 19.7 Å². The maximum atomic E-state index is 13.0. The van der Waals surface area contributed by atoms with Crippen LogP contribution < -0.4 is 14.8 Å². The number of benzene rings is 1. The zero-order chi connectivity index (χ0) is 22.8. The van der Waals surface area contributed by atoms with Crippen molar-refractivity contribution in [3.05, 3.63) is 53.9 Å². The van der Waals surface area contributed by atoms with Gasteiger partial charge in [-0.1, -0.05) is 12.1 Å². The van der Waals surface area contributed by atoms with E-state index < -0.39 is 12.1 Å². The number of ether oxygens (including phenoxy) is 2. The van der Waals surface area contributed by atoms with E-state index in [0.29, 0.717) is 18.0 Å². The lowest BCUT2D eigenvalue weighted by molar-refractivity contribution is -0.135. The van der Waals surface area contributed by atoms with Gasteiger partial charge in [-0.05, 0) is 55.0 Å². The van der Waals surface area contributed by atoms with Gasteiger partial charge in [-0.15, -0.1) is 0 Å². The molecule has 0 unspecified atom stereocenters. The van der Waals surface area contributed by atoms with Crippen LogP contribution in [0.2, 0.25) is 0 Å². The maximum absolute atomic E-state index is 13.0. The maximum Gasteiger partial charge on any atom is 0.325 e. The number of carbonyl (C=O) groups is 3. The number of carbonyl (C=O) groups excluding carboxylic acids is 3. The van der Waals surface area contributed by atoms with Crippen LogP contribution in [0, 0.1) is 0 Å². The van der Waals surface area contributed by atoms with Gasteiger partial charge >= 0.3 is 6.03 Å². The van der Waals surface area contributed by atoms with Crippen molar-refractivity contribution in [2.75, 3.05) is 13.3 Å². The number of pyridine rings is 1. The summed E-state index contributed by atoms with van der Waals surface area (Å²) in [5, 5.41) is 2.73. The second-order valence-corrected chi connectivity index (χ2v) is 8.54. The smallest absolute Gasteiger partial charge is 0.325 e. The average molecular weight is 450 g/mol. The molecule has 1 aromatic carbocycles. The van der Waals surface area contributed by atoms with E-state index in [1.165, 1.54) is 4.90 Å².